The third kappa shape index (κ3) is 1.56. The van der Waals surface area contributed by atoms with Gasteiger partial charge in [0.15, 0.2) is 11.5 Å². The van der Waals surface area contributed by atoms with Crippen molar-refractivity contribution < 1.29 is 19.4 Å². The lowest BCUT2D eigenvalue weighted by Gasteiger charge is -2.65. The van der Waals surface area contributed by atoms with Gasteiger partial charge in [0.05, 0.1) is 25.6 Å². The number of nitrogens with zero attached hydrogens (tertiary/aromatic N) is 1. The van der Waals surface area contributed by atoms with Gasteiger partial charge in [0.25, 0.3) is 0 Å². The Bertz CT molecular complexity index is 846. The Balaban J connectivity index is 1.60. The van der Waals surface area contributed by atoms with Crippen LogP contribution >= 0.6 is 0 Å². The summed E-state index contributed by atoms with van der Waals surface area (Å²) >= 11 is 0. The summed E-state index contributed by atoms with van der Waals surface area (Å²) in [6, 6.07) is 4.05. The van der Waals surface area contributed by atoms with Gasteiger partial charge < -0.3 is 19.4 Å². The number of phenolic OH excluding ortho intramolecular Hbond substituents is 1. The van der Waals surface area contributed by atoms with Gasteiger partial charge in [-0.2, -0.15) is 0 Å². The summed E-state index contributed by atoms with van der Waals surface area (Å²) in [4.78, 5) is 0. The molecular weight excluding hydrogens is 326 g/mol. The predicted molar refractivity (Wildman–Crippen MR) is 98.3 cm³/mol. The second kappa shape index (κ2) is 4.48. The summed E-state index contributed by atoms with van der Waals surface area (Å²) in [7, 11) is 2.37. The molecule has 6 rings (SSSR count). The van der Waals surface area contributed by atoms with E-state index in [1.807, 2.05) is 0 Å². The molecule has 5 aliphatic rings. The summed E-state index contributed by atoms with van der Waals surface area (Å²) < 4.78 is 7.32. The van der Waals surface area contributed by atoms with Crippen molar-refractivity contribution in [1.82, 2.24) is 0 Å². The number of likely N-dealkylation sites (tertiary alicyclic amines) is 1. The summed E-state index contributed by atoms with van der Waals surface area (Å²) in [5.41, 5.74) is 2.25. The molecule has 4 heteroatoms. The van der Waals surface area contributed by atoms with Crippen LogP contribution in [0.4, 0.5) is 0 Å². The molecule has 26 heavy (non-hydrogen) atoms. The number of aliphatic hydroxyl groups is 1. The average molecular weight is 354 g/mol. The van der Waals surface area contributed by atoms with E-state index >= 15 is 0 Å². The van der Waals surface area contributed by atoms with Gasteiger partial charge in [0.1, 0.15) is 17.7 Å². The quantitative estimate of drug-likeness (QED) is 0.634. The summed E-state index contributed by atoms with van der Waals surface area (Å²) in [5, 5.41) is 22.7. The van der Waals surface area contributed by atoms with Crippen molar-refractivity contribution in [2.24, 2.45) is 5.92 Å². The van der Waals surface area contributed by atoms with E-state index in [-0.39, 0.29) is 17.9 Å². The first kappa shape index (κ1) is 15.5. The maximum atomic E-state index is 12.3. The van der Waals surface area contributed by atoms with Gasteiger partial charge in [0, 0.05) is 24.3 Å². The maximum absolute atomic E-state index is 12.3. The van der Waals surface area contributed by atoms with Crippen molar-refractivity contribution >= 4 is 0 Å². The molecule has 1 aromatic rings. The monoisotopic (exact) mass is 354 g/mol. The van der Waals surface area contributed by atoms with E-state index < -0.39 is 11.0 Å². The number of aromatic hydroxyl groups is 1. The molecule has 0 amide bonds. The highest BCUT2D eigenvalue weighted by molar-refractivity contribution is 5.63. The summed E-state index contributed by atoms with van der Waals surface area (Å²) in [6.45, 7) is 6.57. The molecular formula is C22H28NO3+. The Kier molecular flexibility index (Phi) is 2.67. The van der Waals surface area contributed by atoms with Crippen LogP contribution in [0.15, 0.2) is 24.3 Å². The van der Waals surface area contributed by atoms with Crippen molar-refractivity contribution in [3.63, 3.8) is 0 Å². The van der Waals surface area contributed by atoms with E-state index in [1.165, 1.54) is 24.9 Å². The van der Waals surface area contributed by atoms with Crippen LogP contribution in [0.25, 0.3) is 0 Å². The number of quaternary nitrogens is 1. The highest BCUT2D eigenvalue weighted by Crippen LogP contribution is 2.67. The van der Waals surface area contributed by atoms with Gasteiger partial charge in [-0.1, -0.05) is 12.6 Å². The molecule has 2 aliphatic heterocycles. The molecule has 2 N–H and O–H groups in total. The van der Waals surface area contributed by atoms with Crippen LogP contribution in [0.2, 0.25) is 0 Å². The molecule has 1 unspecified atom stereocenters. The second-order valence-corrected chi connectivity index (χ2v) is 9.80. The van der Waals surface area contributed by atoms with Gasteiger partial charge in [-0.25, -0.2) is 0 Å². The highest BCUT2D eigenvalue weighted by atomic mass is 16.5. The Morgan fingerprint density at radius 3 is 2.88 bits per heavy atom. The molecule has 5 atom stereocenters. The van der Waals surface area contributed by atoms with E-state index in [0.29, 0.717) is 5.75 Å². The molecule has 138 valence electrons. The first-order chi connectivity index (χ1) is 12.4. The van der Waals surface area contributed by atoms with Gasteiger partial charge in [-0.05, 0) is 42.9 Å². The van der Waals surface area contributed by atoms with Gasteiger partial charge in [-0.15, -0.1) is 0 Å². The number of hydrogen-bond donors (Lipinski definition) is 2. The molecule has 2 heterocycles. The number of phenols is 1. The van der Waals surface area contributed by atoms with Crippen molar-refractivity contribution in [3.05, 3.63) is 35.4 Å². The van der Waals surface area contributed by atoms with Crippen LogP contribution in [0.3, 0.4) is 0 Å². The van der Waals surface area contributed by atoms with Crippen LogP contribution in [0, 0.1) is 5.92 Å². The lowest BCUT2D eigenvalue weighted by atomic mass is 9.48. The zero-order valence-electron chi connectivity index (χ0n) is 15.5. The molecule has 2 saturated carbocycles. The fraction of sp³-hybridized carbons (Fsp3) is 0.636. The number of ether oxygens (including phenoxy) is 1. The number of rotatable bonds is 2. The van der Waals surface area contributed by atoms with Crippen molar-refractivity contribution in [2.75, 3.05) is 20.1 Å². The second-order valence-electron chi connectivity index (χ2n) is 9.80. The van der Waals surface area contributed by atoms with E-state index in [4.69, 9.17) is 4.74 Å². The number of likely N-dealkylation sites (N-methyl/N-ethyl adjacent to an activating group) is 1. The van der Waals surface area contributed by atoms with Crippen LogP contribution < -0.4 is 4.74 Å². The SMILES string of the molecule is C=C1CC[C@]2(O)[C@H]3Cc4ccc(O)c5c4[C@]2(CC[N+]3(C)CC2CC2)[C@H]1O5. The minimum absolute atomic E-state index is 0.194. The topological polar surface area (TPSA) is 49.7 Å². The minimum atomic E-state index is -0.771. The molecule has 1 saturated heterocycles. The lowest BCUT2D eigenvalue weighted by molar-refractivity contribution is -0.950. The third-order valence-electron chi connectivity index (χ3n) is 8.43. The minimum Gasteiger partial charge on any atom is -0.504 e. The standard InChI is InChI=1S/C22H27NO3/c1-13-7-8-22(25)17-11-15-5-6-16(24)19-18(15)21(22,20(13)26-19)9-10-23(17,2)12-14-3-4-14/h5-6,14,17,20,25H,1,3-4,7-12H2,2H3/p+1/t17-,20+,21-,22+,23?/m1/s1. The zero-order chi connectivity index (χ0) is 17.9. The van der Waals surface area contributed by atoms with Gasteiger partial charge >= 0.3 is 0 Å². The largest absolute Gasteiger partial charge is 0.504 e. The van der Waals surface area contributed by atoms with Crippen LogP contribution in [0.1, 0.15) is 43.2 Å². The number of piperidine rings is 1. The van der Waals surface area contributed by atoms with Crippen LogP contribution in [-0.2, 0) is 11.8 Å². The molecule has 3 fully saturated rings. The first-order valence-corrected chi connectivity index (χ1v) is 10.2. The highest BCUT2D eigenvalue weighted by Gasteiger charge is 2.75. The first-order valence-electron chi connectivity index (χ1n) is 10.2. The molecule has 2 bridgehead atoms. The molecule has 3 aliphatic carbocycles. The predicted octanol–water partition coefficient (Wildman–Crippen LogP) is 2.66. The molecule has 4 nitrogen and oxygen atoms in total. The van der Waals surface area contributed by atoms with Crippen LogP contribution in [-0.4, -0.2) is 52.6 Å². The summed E-state index contributed by atoms with van der Waals surface area (Å²) in [6.07, 6.45) is 5.88. The lowest BCUT2D eigenvalue weighted by Crippen LogP contribution is -2.80. The zero-order valence-corrected chi connectivity index (χ0v) is 15.5. The fourth-order valence-corrected chi connectivity index (χ4v) is 7.07. The van der Waals surface area contributed by atoms with Crippen LogP contribution in [0.5, 0.6) is 11.5 Å². The Morgan fingerprint density at radius 1 is 1.31 bits per heavy atom. The summed E-state index contributed by atoms with van der Waals surface area (Å²) in [5.74, 6) is 1.66. The van der Waals surface area contributed by atoms with Crippen molar-refractivity contribution in [1.29, 1.82) is 0 Å². The number of hydrogen-bond acceptors (Lipinski definition) is 3. The molecule has 1 aromatic carbocycles. The van der Waals surface area contributed by atoms with Crippen molar-refractivity contribution in [3.8, 4) is 11.5 Å². The molecule has 1 spiro atoms. The fourth-order valence-electron chi connectivity index (χ4n) is 7.07. The molecule has 0 radical (unpaired) electrons. The molecule has 0 aromatic heterocycles. The van der Waals surface area contributed by atoms with E-state index in [0.717, 1.165) is 53.8 Å². The maximum Gasteiger partial charge on any atom is 0.166 e. The normalized spacial score (nSPS) is 45.2. The van der Waals surface area contributed by atoms with Gasteiger partial charge in [0.2, 0.25) is 0 Å². The number of benzene rings is 1. The average Bonchev–Trinajstić information content (AvgIpc) is 3.32. The third-order valence-corrected chi connectivity index (χ3v) is 8.43. The van der Waals surface area contributed by atoms with E-state index in [2.05, 4.69) is 19.7 Å². The Labute approximate surface area is 154 Å². The smallest absolute Gasteiger partial charge is 0.166 e. The Hall–Kier alpha value is -1.52. The van der Waals surface area contributed by atoms with Gasteiger partial charge in [-0.3, -0.25) is 0 Å². The Morgan fingerprint density at radius 2 is 2.12 bits per heavy atom. The van der Waals surface area contributed by atoms with E-state index in [9.17, 15) is 10.2 Å². The van der Waals surface area contributed by atoms with Crippen molar-refractivity contribution in [2.45, 2.75) is 61.7 Å². The van der Waals surface area contributed by atoms with E-state index in [1.54, 1.807) is 6.07 Å².